The van der Waals surface area contributed by atoms with Gasteiger partial charge in [-0.3, -0.25) is 9.80 Å². The molecule has 0 saturated heterocycles. The van der Waals surface area contributed by atoms with Gasteiger partial charge in [-0.15, -0.1) is 0 Å². The molecule has 0 spiro atoms. The number of amides is 1. The Bertz CT molecular complexity index is 226. The normalized spacial score (nSPS) is 12.9. The van der Waals surface area contributed by atoms with Crippen LogP contribution in [0, 0.1) is 5.41 Å². The van der Waals surface area contributed by atoms with Gasteiger partial charge in [0.25, 0.3) is 0 Å². The highest BCUT2D eigenvalue weighted by Crippen LogP contribution is 2.19. The van der Waals surface area contributed by atoms with Crippen molar-refractivity contribution in [2.24, 2.45) is 11.3 Å². The number of allylic oxidation sites excluding steroid dienone is 2. The van der Waals surface area contributed by atoms with E-state index >= 15 is 0 Å². The maximum Gasteiger partial charge on any atom is 0.246 e. The summed E-state index contributed by atoms with van der Waals surface area (Å²) in [5, 5.41) is 1.28. The SMILES string of the molecule is CC/C=C(\CC)N(N)C(=O)C(C)(C)C. The first-order chi connectivity index (χ1) is 6.34. The number of nitrogens with zero attached hydrogens (tertiary/aromatic N) is 1. The lowest BCUT2D eigenvalue weighted by atomic mass is 9.95. The van der Waals surface area contributed by atoms with Gasteiger partial charge in [0.1, 0.15) is 0 Å². The molecule has 0 bridgehead atoms. The summed E-state index contributed by atoms with van der Waals surface area (Å²) in [4.78, 5) is 11.8. The molecule has 0 aromatic carbocycles. The molecule has 0 saturated carbocycles. The molecule has 3 heteroatoms. The number of hydrogen-bond donors (Lipinski definition) is 1. The van der Waals surface area contributed by atoms with Crippen molar-refractivity contribution in [1.82, 2.24) is 5.01 Å². The van der Waals surface area contributed by atoms with E-state index in [0.29, 0.717) is 0 Å². The van der Waals surface area contributed by atoms with Crippen LogP contribution in [0.3, 0.4) is 0 Å². The Balaban J connectivity index is 4.68. The predicted octanol–water partition coefficient (Wildman–Crippen LogP) is 2.44. The molecule has 2 N–H and O–H groups in total. The van der Waals surface area contributed by atoms with Gasteiger partial charge < -0.3 is 0 Å². The van der Waals surface area contributed by atoms with Gasteiger partial charge in [-0.2, -0.15) is 0 Å². The third kappa shape index (κ3) is 3.50. The molecule has 0 aliphatic rings. The smallest absolute Gasteiger partial charge is 0.246 e. The minimum atomic E-state index is -0.420. The molecular formula is C11H22N2O. The van der Waals surface area contributed by atoms with E-state index in [2.05, 4.69) is 0 Å². The predicted molar refractivity (Wildman–Crippen MR) is 59.2 cm³/mol. The molecule has 0 unspecified atom stereocenters. The Hall–Kier alpha value is -0.830. The average Bonchev–Trinajstić information content (AvgIpc) is 2.10. The second-order valence-electron chi connectivity index (χ2n) is 4.38. The largest absolute Gasteiger partial charge is 0.272 e. The van der Waals surface area contributed by atoms with E-state index in [-0.39, 0.29) is 5.91 Å². The lowest BCUT2D eigenvalue weighted by Gasteiger charge is -2.26. The number of nitrogens with two attached hydrogens (primary N) is 1. The first kappa shape index (κ1) is 13.2. The highest BCUT2D eigenvalue weighted by atomic mass is 16.2. The summed E-state index contributed by atoms with van der Waals surface area (Å²) >= 11 is 0. The standard InChI is InChI=1S/C11H22N2O/c1-6-8-9(7-2)13(12)10(14)11(3,4)5/h8H,6-7,12H2,1-5H3/b9-8+. The second-order valence-corrected chi connectivity index (χ2v) is 4.38. The molecule has 1 amide bonds. The maximum atomic E-state index is 11.8. The molecule has 82 valence electrons. The lowest BCUT2D eigenvalue weighted by molar-refractivity contribution is -0.137. The Kier molecular flexibility index (Phi) is 4.85. The molecule has 0 aliphatic heterocycles. The summed E-state index contributed by atoms with van der Waals surface area (Å²) in [5.74, 6) is 5.72. The van der Waals surface area contributed by atoms with E-state index in [0.717, 1.165) is 18.5 Å². The molecule has 0 radical (unpaired) electrons. The average molecular weight is 198 g/mol. The number of hydrogen-bond acceptors (Lipinski definition) is 2. The van der Waals surface area contributed by atoms with Gasteiger partial charge in [-0.1, -0.05) is 40.7 Å². The van der Waals surface area contributed by atoms with E-state index in [1.807, 2.05) is 40.7 Å². The highest BCUT2D eigenvalue weighted by Gasteiger charge is 2.26. The van der Waals surface area contributed by atoms with Crippen molar-refractivity contribution < 1.29 is 4.79 Å². The Morgan fingerprint density at radius 3 is 2.14 bits per heavy atom. The molecule has 0 rings (SSSR count). The van der Waals surface area contributed by atoms with E-state index in [9.17, 15) is 4.79 Å². The molecule has 3 nitrogen and oxygen atoms in total. The van der Waals surface area contributed by atoms with Gasteiger partial charge in [-0.05, 0) is 12.8 Å². The van der Waals surface area contributed by atoms with Crippen molar-refractivity contribution in [3.63, 3.8) is 0 Å². The van der Waals surface area contributed by atoms with E-state index in [1.54, 1.807) is 0 Å². The third-order valence-corrected chi connectivity index (χ3v) is 1.97. The lowest BCUT2D eigenvalue weighted by Crippen LogP contribution is -2.43. The minimum Gasteiger partial charge on any atom is -0.272 e. The first-order valence-corrected chi connectivity index (χ1v) is 5.12. The number of hydrazine groups is 1. The topological polar surface area (TPSA) is 46.3 Å². The molecule has 0 heterocycles. The van der Waals surface area contributed by atoms with Crippen molar-refractivity contribution in [2.75, 3.05) is 0 Å². The van der Waals surface area contributed by atoms with Crippen molar-refractivity contribution in [2.45, 2.75) is 47.5 Å². The zero-order valence-electron chi connectivity index (χ0n) is 9.92. The minimum absolute atomic E-state index is 0.0425. The van der Waals surface area contributed by atoms with Crippen LogP contribution in [0.1, 0.15) is 47.5 Å². The first-order valence-electron chi connectivity index (χ1n) is 5.12. The fourth-order valence-corrected chi connectivity index (χ4v) is 1.14. The molecule has 0 atom stereocenters. The summed E-state index contributed by atoms with van der Waals surface area (Å²) in [6.07, 6.45) is 3.67. The molecule has 0 fully saturated rings. The summed E-state index contributed by atoms with van der Waals surface area (Å²) in [7, 11) is 0. The Morgan fingerprint density at radius 2 is 1.86 bits per heavy atom. The zero-order chi connectivity index (χ0) is 11.4. The number of rotatable bonds is 3. The van der Waals surface area contributed by atoms with Gasteiger partial charge in [0.15, 0.2) is 0 Å². The Labute approximate surface area is 86.9 Å². The van der Waals surface area contributed by atoms with Crippen molar-refractivity contribution in [3.05, 3.63) is 11.8 Å². The fourth-order valence-electron chi connectivity index (χ4n) is 1.14. The molecule has 0 aromatic heterocycles. The van der Waals surface area contributed by atoms with Gasteiger partial charge in [0.2, 0.25) is 5.91 Å². The van der Waals surface area contributed by atoms with Crippen LogP contribution in [-0.4, -0.2) is 10.9 Å². The van der Waals surface area contributed by atoms with Crippen LogP contribution in [0.4, 0.5) is 0 Å². The number of carbonyl (C=O) groups is 1. The van der Waals surface area contributed by atoms with E-state index in [1.165, 1.54) is 5.01 Å². The van der Waals surface area contributed by atoms with Gasteiger partial charge >= 0.3 is 0 Å². The highest BCUT2D eigenvalue weighted by molar-refractivity contribution is 5.82. The zero-order valence-corrected chi connectivity index (χ0v) is 9.92. The molecular weight excluding hydrogens is 176 g/mol. The fraction of sp³-hybridized carbons (Fsp3) is 0.727. The van der Waals surface area contributed by atoms with Gasteiger partial charge in [0.05, 0.1) is 0 Å². The summed E-state index contributed by atoms with van der Waals surface area (Å²) in [5.41, 5.74) is 0.476. The quantitative estimate of drug-likeness (QED) is 0.430. The summed E-state index contributed by atoms with van der Waals surface area (Å²) in [6.45, 7) is 9.64. The van der Waals surface area contributed by atoms with Crippen molar-refractivity contribution in [3.8, 4) is 0 Å². The van der Waals surface area contributed by atoms with Crippen LogP contribution in [0.5, 0.6) is 0 Å². The third-order valence-electron chi connectivity index (χ3n) is 1.97. The molecule has 0 aliphatic carbocycles. The Morgan fingerprint density at radius 1 is 1.36 bits per heavy atom. The van der Waals surface area contributed by atoms with E-state index in [4.69, 9.17) is 5.84 Å². The van der Waals surface area contributed by atoms with Crippen LogP contribution in [0.15, 0.2) is 11.8 Å². The van der Waals surface area contributed by atoms with Gasteiger partial charge in [-0.25, -0.2) is 5.84 Å². The van der Waals surface area contributed by atoms with Crippen LogP contribution in [-0.2, 0) is 4.79 Å². The van der Waals surface area contributed by atoms with Crippen LogP contribution < -0.4 is 5.84 Å². The molecule has 14 heavy (non-hydrogen) atoms. The summed E-state index contributed by atoms with van der Waals surface area (Å²) in [6, 6.07) is 0. The monoisotopic (exact) mass is 198 g/mol. The van der Waals surface area contributed by atoms with Crippen LogP contribution in [0.2, 0.25) is 0 Å². The van der Waals surface area contributed by atoms with Crippen molar-refractivity contribution >= 4 is 5.91 Å². The van der Waals surface area contributed by atoms with Gasteiger partial charge in [0, 0.05) is 11.1 Å². The number of carbonyl (C=O) groups excluding carboxylic acids is 1. The van der Waals surface area contributed by atoms with Crippen LogP contribution in [0.25, 0.3) is 0 Å². The maximum absolute atomic E-state index is 11.8. The molecule has 0 aromatic rings. The van der Waals surface area contributed by atoms with Crippen LogP contribution >= 0.6 is 0 Å². The summed E-state index contributed by atoms with van der Waals surface area (Å²) < 4.78 is 0. The van der Waals surface area contributed by atoms with Crippen molar-refractivity contribution in [1.29, 1.82) is 0 Å². The van der Waals surface area contributed by atoms with E-state index < -0.39 is 5.41 Å². The second kappa shape index (κ2) is 5.15.